The zero-order chi connectivity index (χ0) is 10.6. The first-order valence-electron chi connectivity index (χ1n) is 3.78. The molecular weight excluding hydrogens is 188 g/mol. The van der Waals surface area contributed by atoms with E-state index in [0.717, 1.165) is 0 Å². The Balaban J connectivity index is 2.70. The molecule has 0 aliphatic rings. The van der Waals surface area contributed by atoms with Gasteiger partial charge in [-0.2, -0.15) is 0 Å². The van der Waals surface area contributed by atoms with Crippen LogP contribution in [0.5, 0.6) is 5.75 Å². The molecule has 14 heavy (non-hydrogen) atoms. The Labute approximate surface area is 79.6 Å². The quantitative estimate of drug-likeness (QED) is 0.516. The zero-order valence-electron chi connectivity index (χ0n) is 7.14. The number of hydrogen-bond acceptors (Lipinski definition) is 5. The van der Waals surface area contributed by atoms with Crippen LogP contribution in [0.2, 0.25) is 0 Å². The predicted octanol–water partition coefficient (Wildman–Crippen LogP) is 0.0679. The normalized spacial score (nSPS) is 9.50. The fraction of sp³-hybridized carbons (Fsp3) is 0.111. The largest absolute Gasteiger partial charge is 0.508 e. The van der Waals surface area contributed by atoms with E-state index in [1.807, 2.05) is 0 Å². The average Bonchev–Trinajstić information content (AvgIpc) is 2.18. The van der Waals surface area contributed by atoms with Crippen molar-refractivity contribution in [1.82, 2.24) is 0 Å². The van der Waals surface area contributed by atoms with E-state index in [0.29, 0.717) is 0 Å². The molecule has 74 valence electrons. The van der Waals surface area contributed by atoms with Crippen molar-refractivity contribution in [1.29, 1.82) is 0 Å². The molecule has 0 spiro atoms. The van der Waals surface area contributed by atoms with Gasteiger partial charge in [0.1, 0.15) is 12.4 Å². The van der Waals surface area contributed by atoms with E-state index in [2.05, 4.69) is 4.74 Å². The first kappa shape index (κ1) is 10.2. The fourth-order valence-corrected chi connectivity index (χ4v) is 0.792. The number of phenols is 1. The molecule has 5 heteroatoms. The SMILES string of the molecule is O=C(CO)OC(=O)c1ccc(O)cc1. The lowest BCUT2D eigenvalue weighted by Gasteiger charge is -2.00. The third kappa shape index (κ3) is 2.56. The Morgan fingerprint density at radius 3 is 2.29 bits per heavy atom. The smallest absolute Gasteiger partial charge is 0.345 e. The van der Waals surface area contributed by atoms with Gasteiger partial charge in [-0.05, 0) is 24.3 Å². The van der Waals surface area contributed by atoms with E-state index in [9.17, 15) is 9.59 Å². The zero-order valence-corrected chi connectivity index (χ0v) is 7.14. The van der Waals surface area contributed by atoms with Gasteiger partial charge in [0.2, 0.25) is 0 Å². The lowest BCUT2D eigenvalue weighted by atomic mass is 10.2. The van der Waals surface area contributed by atoms with E-state index in [1.165, 1.54) is 24.3 Å². The number of rotatable bonds is 2. The molecule has 0 heterocycles. The average molecular weight is 196 g/mol. The maximum Gasteiger partial charge on any atom is 0.345 e. The molecule has 0 bridgehead atoms. The molecule has 0 fully saturated rings. The van der Waals surface area contributed by atoms with Crippen molar-refractivity contribution in [3.63, 3.8) is 0 Å². The number of ether oxygens (including phenoxy) is 1. The third-order valence-electron chi connectivity index (χ3n) is 1.44. The van der Waals surface area contributed by atoms with Gasteiger partial charge in [0.05, 0.1) is 5.56 Å². The molecule has 2 N–H and O–H groups in total. The summed E-state index contributed by atoms with van der Waals surface area (Å²) in [7, 11) is 0. The standard InChI is InChI=1S/C9H8O5/c10-5-8(12)14-9(13)6-1-3-7(11)4-2-6/h1-4,10-11H,5H2. The molecule has 1 rings (SSSR count). The number of phenolic OH excluding ortho intramolecular Hbond substituents is 1. The van der Waals surface area contributed by atoms with Crippen molar-refractivity contribution in [2.24, 2.45) is 0 Å². The first-order chi connectivity index (χ1) is 6.63. The highest BCUT2D eigenvalue weighted by Crippen LogP contribution is 2.10. The number of carbonyl (C=O) groups is 2. The molecule has 0 amide bonds. The summed E-state index contributed by atoms with van der Waals surface area (Å²) < 4.78 is 4.22. The molecule has 0 unspecified atom stereocenters. The van der Waals surface area contributed by atoms with Crippen LogP contribution in [0.4, 0.5) is 0 Å². The summed E-state index contributed by atoms with van der Waals surface area (Å²) in [5.74, 6) is -1.86. The number of hydrogen-bond donors (Lipinski definition) is 2. The Morgan fingerprint density at radius 2 is 1.79 bits per heavy atom. The Morgan fingerprint density at radius 1 is 1.21 bits per heavy atom. The molecule has 0 radical (unpaired) electrons. The topological polar surface area (TPSA) is 83.8 Å². The third-order valence-corrected chi connectivity index (χ3v) is 1.44. The van der Waals surface area contributed by atoms with Gasteiger partial charge in [-0.1, -0.05) is 0 Å². The van der Waals surface area contributed by atoms with Crippen molar-refractivity contribution in [3.8, 4) is 5.75 Å². The summed E-state index contributed by atoms with van der Waals surface area (Å²) in [5.41, 5.74) is 0.129. The number of carbonyl (C=O) groups excluding carboxylic acids is 2. The first-order valence-corrected chi connectivity index (χ1v) is 3.78. The maximum atomic E-state index is 11.1. The van der Waals surface area contributed by atoms with Gasteiger partial charge in [0.15, 0.2) is 0 Å². The Bertz CT molecular complexity index is 341. The highest BCUT2D eigenvalue weighted by molar-refractivity contribution is 5.97. The van der Waals surface area contributed by atoms with Gasteiger partial charge in [-0.25, -0.2) is 9.59 Å². The minimum absolute atomic E-state index is 0.00929. The van der Waals surface area contributed by atoms with Crippen LogP contribution in [-0.2, 0) is 9.53 Å². The summed E-state index contributed by atoms with van der Waals surface area (Å²) in [6.45, 7) is -0.843. The number of aliphatic hydroxyl groups excluding tert-OH is 1. The van der Waals surface area contributed by atoms with Crippen molar-refractivity contribution in [2.45, 2.75) is 0 Å². The van der Waals surface area contributed by atoms with Crippen LogP contribution in [0.1, 0.15) is 10.4 Å². The second-order valence-corrected chi connectivity index (χ2v) is 2.47. The number of aromatic hydroxyl groups is 1. The summed E-state index contributed by atoms with van der Waals surface area (Å²) in [6.07, 6.45) is 0. The molecular formula is C9H8O5. The van der Waals surface area contributed by atoms with Crippen LogP contribution in [0, 0.1) is 0 Å². The maximum absolute atomic E-state index is 11.1. The molecule has 0 atom stereocenters. The van der Waals surface area contributed by atoms with E-state index in [1.54, 1.807) is 0 Å². The molecule has 0 aromatic heterocycles. The van der Waals surface area contributed by atoms with Crippen LogP contribution < -0.4 is 0 Å². The van der Waals surface area contributed by atoms with Crippen LogP contribution in [0.3, 0.4) is 0 Å². The number of esters is 2. The van der Waals surface area contributed by atoms with E-state index >= 15 is 0 Å². The second kappa shape index (κ2) is 4.38. The molecule has 1 aromatic carbocycles. The van der Waals surface area contributed by atoms with Crippen LogP contribution in [0.15, 0.2) is 24.3 Å². The Kier molecular flexibility index (Phi) is 3.19. The molecule has 0 saturated carbocycles. The van der Waals surface area contributed by atoms with Crippen molar-refractivity contribution in [2.75, 3.05) is 6.61 Å². The molecule has 0 saturated heterocycles. The minimum atomic E-state index is -1.01. The number of aliphatic hydroxyl groups is 1. The molecule has 5 nitrogen and oxygen atoms in total. The minimum Gasteiger partial charge on any atom is -0.508 e. The summed E-state index contributed by atoms with van der Waals surface area (Å²) in [5, 5.41) is 17.2. The van der Waals surface area contributed by atoms with Gasteiger partial charge >= 0.3 is 11.9 Å². The number of benzene rings is 1. The summed E-state index contributed by atoms with van der Waals surface area (Å²) in [6, 6.07) is 5.20. The van der Waals surface area contributed by atoms with Crippen LogP contribution >= 0.6 is 0 Å². The second-order valence-electron chi connectivity index (χ2n) is 2.47. The van der Waals surface area contributed by atoms with Crippen LogP contribution in [0.25, 0.3) is 0 Å². The predicted molar refractivity (Wildman–Crippen MR) is 45.6 cm³/mol. The van der Waals surface area contributed by atoms with Gasteiger partial charge in [-0.3, -0.25) is 0 Å². The van der Waals surface area contributed by atoms with Crippen molar-refractivity contribution in [3.05, 3.63) is 29.8 Å². The fourth-order valence-electron chi connectivity index (χ4n) is 0.792. The van der Waals surface area contributed by atoms with Crippen molar-refractivity contribution >= 4 is 11.9 Å². The van der Waals surface area contributed by atoms with Gasteiger partial charge in [0, 0.05) is 0 Å². The van der Waals surface area contributed by atoms with E-state index in [4.69, 9.17) is 10.2 Å². The van der Waals surface area contributed by atoms with E-state index < -0.39 is 18.5 Å². The highest BCUT2D eigenvalue weighted by atomic mass is 16.6. The summed E-state index contributed by atoms with van der Waals surface area (Å²) >= 11 is 0. The Hall–Kier alpha value is -1.88. The molecule has 0 aliphatic heterocycles. The highest BCUT2D eigenvalue weighted by Gasteiger charge is 2.11. The lowest BCUT2D eigenvalue weighted by molar-refractivity contribution is -0.141. The molecule has 0 aliphatic carbocycles. The van der Waals surface area contributed by atoms with Crippen LogP contribution in [-0.4, -0.2) is 28.8 Å². The van der Waals surface area contributed by atoms with Gasteiger partial charge in [0.25, 0.3) is 0 Å². The molecule has 1 aromatic rings. The van der Waals surface area contributed by atoms with Crippen molar-refractivity contribution < 1.29 is 24.5 Å². The van der Waals surface area contributed by atoms with E-state index in [-0.39, 0.29) is 11.3 Å². The van der Waals surface area contributed by atoms with Gasteiger partial charge < -0.3 is 14.9 Å². The monoisotopic (exact) mass is 196 g/mol. The summed E-state index contributed by atoms with van der Waals surface area (Å²) in [4.78, 5) is 21.6. The van der Waals surface area contributed by atoms with Gasteiger partial charge in [-0.15, -0.1) is 0 Å². The lowest BCUT2D eigenvalue weighted by Crippen LogP contribution is -2.15.